The van der Waals surface area contributed by atoms with Gasteiger partial charge < -0.3 is 9.47 Å². The van der Waals surface area contributed by atoms with Gasteiger partial charge in [0.15, 0.2) is 0 Å². The summed E-state index contributed by atoms with van der Waals surface area (Å²) >= 11 is 0. The summed E-state index contributed by atoms with van der Waals surface area (Å²) in [5.41, 5.74) is 0. The number of hydrogen-bond donors (Lipinski definition) is 0. The lowest BCUT2D eigenvalue weighted by atomic mass is 10.1. The first-order valence-electron chi connectivity index (χ1n) is 5.45. The van der Waals surface area contributed by atoms with Crippen LogP contribution >= 0.6 is 10.7 Å². The third-order valence-corrected chi connectivity index (χ3v) is 3.90. The van der Waals surface area contributed by atoms with Crippen LogP contribution in [0.15, 0.2) is 0 Å². The van der Waals surface area contributed by atoms with Crippen molar-refractivity contribution in [2.45, 2.75) is 25.9 Å². The van der Waals surface area contributed by atoms with Crippen molar-refractivity contribution in [3.8, 4) is 0 Å². The molecule has 96 valence electrons. The van der Waals surface area contributed by atoms with Gasteiger partial charge in [-0.2, -0.15) is 0 Å². The van der Waals surface area contributed by atoms with E-state index in [9.17, 15) is 8.42 Å². The van der Waals surface area contributed by atoms with Gasteiger partial charge in [-0.25, -0.2) is 8.42 Å². The van der Waals surface area contributed by atoms with Crippen LogP contribution in [0, 0.1) is 11.8 Å². The van der Waals surface area contributed by atoms with Crippen molar-refractivity contribution in [1.29, 1.82) is 0 Å². The fourth-order valence-electron chi connectivity index (χ4n) is 1.71. The molecule has 0 aliphatic heterocycles. The van der Waals surface area contributed by atoms with E-state index >= 15 is 0 Å². The molecule has 6 heteroatoms. The molecule has 1 fully saturated rings. The third kappa shape index (κ3) is 6.03. The Morgan fingerprint density at radius 3 is 2.44 bits per heavy atom. The molecule has 16 heavy (non-hydrogen) atoms. The van der Waals surface area contributed by atoms with Crippen LogP contribution in [-0.2, 0) is 18.5 Å². The van der Waals surface area contributed by atoms with Gasteiger partial charge in [0.25, 0.3) is 0 Å². The maximum absolute atomic E-state index is 11.0. The molecule has 0 radical (unpaired) electrons. The van der Waals surface area contributed by atoms with E-state index in [0.717, 1.165) is 12.8 Å². The molecule has 0 heterocycles. The molecule has 1 saturated carbocycles. The monoisotopic (exact) mass is 270 g/mol. The molecule has 0 N–H and O–H groups in total. The molecule has 0 saturated heterocycles. The number of halogens is 1. The van der Waals surface area contributed by atoms with Crippen LogP contribution < -0.4 is 0 Å². The van der Waals surface area contributed by atoms with Crippen molar-refractivity contribution in [2.24, 2.45) is 11.8 Å². The summed E-state index contributed by atoms with van der Waals surface area (Å²) < 4.78 is 32.5. The maximum atomic E-state index is 11.0. The van der Waals surface area contributed by atoms with Gasteiger partial charge >= 0.3 is 0 Å². The maximum Gasteiger partial charge on any atom is 0.232 e. The standard InChI is InChI=1S/C10H19ClO4S/c1-8(5-14-2)15-6-10(9-3-4-9)7-16(11,12)13/h8-10H,3-7H2,1-2H3. The molecule has 2 atom stereocenters. The summed E-state index contributed by atoms with van der Waals surface area (Å²) in [6.45, 7) is 2.87. The predicted octanol–water partition coefficient (Wildman–Crippen LogP) is 1.63. The van der Waals surface area contributed by atoms with Crippen molar-refractivity contribution in [2.75, 3.05) is 26.1 Å². The van der Waals surface area contributed by atoms with Crippen molar-refractivity contribution in [3.63, 3.8) is 0 Å². The van der Waals surface area contributed by atoms with Crippen molar-refractivity contribution in [3.05, 3.63) is 0 Å². The summed E-state index contributed by atoms with van der Waals surface area (Å²) in [7, 11) is 3.45. The van der Waals surface area contributed by atoms with Crippen molar-refractivity contribution < 1.29 is 17.9 Å². The minimum Gasteiger partial charge on any atom is -0.382 e. The van der Waals surface area contributed by atoms with Crippen LogP contribution in [0.25, 0.3) is 0 Å². The van der Waals surface area contributed by atoms with Gasteiger partial charge in [0.2, 0.25) is 9.05 Å². The molecule has 0 bridgehead atoms. The Bertz CT molecular complexity index is 300. The van der Waals surface area contributed by atoms with Gasteiger partial charge in [-0.1, -0.05) is 0 Å². The Balaban J connectivity index is 2.34. The number of methoxy groups -OCH3 is 1. The van der Waals surface area contributed by atoms with Crippen LogP contribution in [0.1, 0.15) is 19.8 Å². The smallest absolute Gasteiger partial charge is 0.232 e. The van der Waals surface area contributed by atoms with Gasteiger partial charge in [-0.05, 0) is 25.7 Å². The summed E-state index contributed by atoms with van der Waals surface area (Å²) in [6.07, 6.45) is 2.15. The van der Waals surface area contributed by atoms with E-state index in [4.69, 9.17) is 20.2 Å². The van der Waals surface area contributed by atoms with E-state index in [1.54, 1.807) is 7.11 Å². The van der Waals surface area contributed by atoms with Crippen LogP contribution in [0.5, 0.6) is 0 Å². The molecule has 0 amide bonds. The highest BCUT2D eigenvalue weighted by Crippen LogP contribution is 2.38. The van der Waals surface area contributed by atoms with Crippen LogP contribution in [0.4, 0.5) is 0 Å². The van der Waals surface area contributed by atoms with E-state index < -0.39 is 9.05 Å². The summed E-state index contributed by atoms with van der Waals surface area (Å²) in [5, 5.41) is 0. The van der Waals surface area contributed by atoms with E-state index in [1.165, 1.54) is 0 Å². The highest BCUT2D eigenvalue weighted by molar-refractivity contribution is 8.13. The molecule has 2 unspecified atom stereocenters. The molecule has 1 aliphatic rings. The SMILES string of the molecule is COCC(C)OCC(CS(=O)(=O)Cl)C1CC1. The van der Waals surface area contributed by atoms with E-state index in [1.807, 2.05) is 6.92 Å². The molecule has 0 aromatic rings. The normalized spacial score (nSPS) is 20.7. The molecule has 0 aromatic carbocycles. The van der Waals surface area contributed by atoms with E-state index in [0.29, 0.717) is 19.1 Å². The average Bonchev–Trinajstić information content (AvgIpc) is 2.94. The number of ether oxygens (including phenoxy) is 2. The first kappa shape index (κ1) is 14.2. The lowest BCUT2D eigenvalue weighted by Gasteiger charge is -2.18. The lowest BCUT2D eigenvalue weighted by Crippen LogP contribution is -2.24. The summed E-state index contributed by atoms with van der Waals surface area (Å²) in [6, 6.07) is 0. The second-order valence-corrected chi connectivity index (χ2v) is 7.22. The first-order valence-corrected chi connectivity index (χ1v) is 7.93. The first-order chi connectivity index (χ1) is 7.42. The Hall–Kier alpha value is 0.160. The van der Waals surface area contributed by atoms with E-state index in [-0.39, 0.29) is 17.8 Å². The molecule has 0 spiro atoms. The van der Waals surface area contributed by atoms with Gasteiger partial charge in [0.1, 0.15) is 0 Å². The van der Waals surface area contributed by atoms with Crippen LogP contribution in [-0.4, -0.2) is 40.6 Å². The van der Waals surface area contributed by atoms with Crippen molar-refractivity contribution in [1.82, 2.24) is 0 Å². The molecular formula is C10H19ClO4S. The van der Waals surface area contributed by atoms with Gasteiger partial charge in [0.05, 0.1) is 25.1 Å². The zero-order valence-corrected chi connectivity index (χ0v) is 11.3. The molecule has 0 aromatic heterocycles. The Morgan fingerprint density at radius 2 is 2.00 bits per heavy atom. The number of rotatable bonds is 8. The largest absolute Gasteiger partial charge is 0.382 e. The average molecular weight is 271 g/mol. The fourth-order valence-corrected chi connectivity index (χ4v) is 3.08. The Labute approximate surface area is 102 Å². The van der Waals surface area contributed by atoms with E-state index in [2.05, 4.69) is 0 Å². The zero-order chi connectivity index (χ0) is 12.2. The minimum atomic E-state index is -3.43. The van der Waals surface area contributed by atoms with Gasteiger partial charge in [-0.15, -0.1) is 0 Å². The van der Waals surface area contributed by atoms with Crippen LogP contribution in [0.3, 0.4) is 0 Å². The zero-order valence-electron chi connectivity index (χ0n) is 9.69. The quantitative estimate of drug-likeness (QED) is 0.629. The second kappa shape index (κ2) is 6.19. The highest BCUT2D eigenvalue weighted by Gasteiger charge is 2.34. The minimum absolute atomic E-state index is 0.00993. The van der Waals surface area contributed by atoms with Crippen molar-refractivity contribution >= 4 is 19.7 Å². The topological polar surface area (TPSA) is 52.6 Å². The summed E-state index contributed by atoms with van der Waals surface area (Å²) in [5.74, 6) is 0.504. The Morgan fingerprint density at radius 1 is 1.38 bits per heavy atom. The molecular weight excluding hydrogens is 252 g/mol. The fraction of sp³-hybridized carbons (Fsp3) is 1.00. The van der Waals surface area contributed by atoms with Gasteiger partial charge in [0, 0.05) is 23.7 Å². The highest BCUT2D eigenvalue weighted by atomic mass is 35.7. The lowest BCUT2D eigenvalue weighted by molar-refractivity contribution is -0.00661. The number of hydrogen-bond acceptors (Lipinski definition) is 4. The summed E-state index contributed by atoms with van der Waals surface area (Å²) in [4.78, 5) is 0. The van der Waals surface area contributed by atoms with Gasteiger partial charge in [-0.3, -0.25) is 0 Å². The van der Waals surface area contributed by atoms with Crippen LogP contribution in [0.2, 0.25) is 0 Å². The predicted molar refractivity (Wildman–Crippen MR) is 63.1 cm³/mol. The molecule has 1 rings (SSSR count). The molecule has 4 nitrogen and oxygen atoms in total. The molecule has 1 aliphatic carbocycles. The third-order valence-electron chi connectivity index (χ3n) is 2.70. The second-order valence-electron chi connectivity index (χ2n) is 4.40. The Kier molecular flexibility index (Phi) is 5.50.